The fraction of sp³-hybridized carbons (Fsp3) is 0.542. The molecule has 5 atom stereocenters. The van der Waals surface area contributed by atoms with Crippen molar-refractivity contribution in [1.82, 2.24) is 19.5 Å². The summed E-state index contributed by atoms with van der Waals surface area (Å²) < 4.78 is 30.5. The lowest BCUT2D eigenvalue weighted by Crippen LogP contribution is -2.32. The number of benzene rings is 1. The van der Waals surface area contributed by atoms with Gasteiger partial charge in [-0.05, 0) is 48.6 Å². The number of imidazole rings is 1. The normalized spacial score (nSPS) is 23.0. The SMILES string of the molecule is CCCCCCc1ccc(Nc2nc(Cl)nc3c2ncn3[C@@H]2O[C@H](CCP(=O)(O)CP(=O)(O)O)C(O)[C@@H]2O)cc1. The second-order valence-corrected chi connectivity index (χ2v) is 14.9. The molecule has 0 bridgehead atoms. The number of nitrogens with zero attached hydrogens (tertiary/aromatic N) is 4. The summed E-state index contributed by atoms with van der Waals surface area (Å²) in [5, 5.41) is 24.3. The number of unbranched alkanes of at least 4 members (excludes halogenated alkanes) is 3. The molecule has 1 aliphatic rings. The van der Waals surface area contributed by atoms with Crippen LogP contribution in [0.25, 0.3) is 11.2 Å². The van der Waals surface area contributed by atoms with E-state index in [0.29, 0.717) is 11.3 Å². The summed E-state index contributed by atoms with van der Waals surface area (Å²) in [4.78, 5) is 40.8. The van der Waals surface area contributed by atoms with Gasteiger partial charge in [0.05, 0.1) is 12.4 Å². The molecule has 2 unspecified atom stereocenters. The Morgan fingerprint density at radius 2 is 1.77 bits per heavy atom. The molecule has 13 nitrogen and oxygen atoms in total. The Kier molecular flexibility index (Phi) is 10.0. The fourth-order valence-electron chi connectivity index (χ4n) is 4.70. The third kappa shape index (κ3) is 7.88. The maximum atomic E-state index is 12.2. The lowest BCUT2D eigenvalue weighted by atomic mass is 10.1. The number of aliphatic hydroxyl groups is 2. The Morgan fingerprint density at radius 3 is 2.45 bits per heavy atom. The molecule has 0 saturated carbocycles. The summed E-state index contributed by atoms with van der Waals surface area (Å²) in [6.07, 6.45) is 1.27. The fourth-order valence-corrected chi connectivity index (χ4v) is 8.39. The number of halogens is 1. The predicted molar refractivity (Wildman–Crippen MR) is 150 cm³/mol. The van der Waals surface area contributed by atoms with Crippen LogP contribution in [0.4, 0.5) is 11.5 Å². The van der Waals surface area contributed by atoms with Crippen LogP contribution in [-0.4, -0.2) is 74.8 Å². The summed E-state index contributed by atoms with van der Waals surface area (Å²) in [7, 11) is -8.90. The number of hydrogen-bond donors (Lipinski definition) is 6. The molecule has 1 saturated heterocycles. The van der Waals surface area contributed by atoms with E-state index in [1.807, 2.05) is 24.3 Å². The molecule has 1 aromatic carbocycles. The van der Waals surface area contributed by atoms with E-state index in [1.165, 1.54) is 35.7 Å². The quantitative estimate of drug-likeness (QED) is 0.0923. The van der Waals surface area contributed by atoms with E-state index >= 15 is 0 Å². The van der Waals surface area contributed by atoms with Crippen LogP contribution in [0, 0.1) is 0 Å². The summed E-state index contributed by atoms with van der Waals surface area (Å²) >= 11 is 6.20. The van der Waals surface area contributed by atoms with Crippen molar-refractivity contribution in [3.05, 3.63) is 41.4 Å². The Labute approximate surface area is 236 Å². The number of aliphatic hydroxyl groups excluding tert-OH is 2. The average molecular weight is 618 g/mol. The standard InChI is InChI=1S/C24H34ClN5O8P2/c1-2-3-4-5-6-15-7-9-16(10-8-15)27-21-18-22(29-24(25)28-21)30(13-26-18)23-20(32)19(31)17(38-23)11-12-39(33,34)14-40(35,36)37/h7-10,13,17,19-20,23,31-32H,2-6,11-12,14H2,1H3,(H,33,34)(H,27,28,29)(H2,35,36,37)/t17-,19?,20+,23-/m1/s1. The molecule has 0 spiro atoms. The molecule has 6 N–H and O–H groups in total. The van der Waals surface area contributed by atoms with Crippen LogP contribution in [0.5, 0.6) is 0 Å². The minimum absolute atomic E-state index is 0.0902. The molecular formula is C24H34ClN5O8P2. The van der Waals surface area contributed by atoms with Crippen molar-refractivity contribution < 1.29 is 38.8 Å². The van der Waals surface area contributed by atoms with Gasteiger partial charge in [0.2, 0.25) is 12.7 Å². The largest absolute Gasteiger partial charge is 0.388 e. The van der Waals surface area contributed by atoms with Gasteiger partial charge in [-0.2, -0.15) is 9.97 Å². The highest BCUT2D eigenvalue weighted by Crippen LogP contribution is 2.55. The van der Waals surface area contributed by atoms with Gasteiger partial charge >= 0.3 is 7.60 Å². The van der Waals surface area contributed by atoms with Crippen LogP contribution < -0.4 is 5.32 Å². The molecule has 4 rings (SSSR count). The van der Waals surface area contributed by atoms with Gasteiger partial charge in [-0.25, -0.2) is 4.98 Å². The lowest BCUT2D eigenvalue weighted by Gasteiger charge is -2.18. The first kappa shape index (κ1) is 31.0. The van der Waals surface area contributed by atoms with Gasteiger partial charge in [0.25, 0.3) is 0 Å². The maximum Gasteiger partial charge on any atom is 0.335 e. The first-order valence-electron chi connectivity index (χ1n) is 13.0. The summed E-state index contributed by atoms with van der Waals surface area (Å²) in [6.45, 7) is 2.18. The van der Waals surface area contributed by atoms with Crippen molar-refractivity contribution >= 4 is 49.2 Å². The van der Waals surface area contributed by atoms with Crippen LogP contribution in [-0.2, 0) is 20.3 Å². The molecule has 0 radical (unpaired) electrons. The van der Waals surface area contributed by atoms with Gasteiger partial charge in [-0.15, -0.1) is 0 Å². The smallest absolute Gasteiger partial charge is 0.335 e. The van der Waals surface area contributed by atoms with Gasteiger partial charge in [-0.3, -0.25) is 13.7 Å². The van der Waals surface area contributed by atoms with Crippen molar-refractivity contribution in [3.8, 4) is 0 Å². The number of ether oxygens (including phenoxy) is 1. The Bertz CT molecular complexity index is 1400. The zero-order valence-corrected chi connectivity index (χ0v) is 24.4. The van der Waals surface area contributed by atoms with E-state index in [0.717, 1.165) is 18.5 Å². The summed E-state index contributed by atoms with van der Waals surface area (Å²) in [5.74, 6) is -0.846. The monoisotopic (exact) mass is 617 g/mol. The Hall–Kier alpha value is -1.92. The van der Waals surface area contributed by atoms with Crippen LogP contribution in [0.15, 0.2) is 30.6 Å². The number of rotatable bonds is 13. The third-order valence-corrected chi connectivity index (χ3v) is 11.1. The molecule has 3 aromatic rings. The van der Waals surface area contributed by atoms with Gasteiger partial charge < -0.3 is 34.9 Å². The van der Waals surface area contributed by atoms with E-state index in [9.17, 15) is 24.2 Å². The predicted octanol–water partition coefficient (Wildman–Crippen LogP) is 3.76. The second-order valence-electron chi connectivity index (χ2n) is 10.0. The zero-order valence-electron chi connectivity index (χ0n) is 21.9. The topological polar surface area (TPSA) is 200 Å². The molecule has 3 heterocycles. The number of anilines is 2. The first-order valence-corrected chi connectivity index (χ1v) is 17.2. The van der Waals surface area contributed by atoms with Crippen LogP contribution in [0.2, 0.25) is 5.28 Å². The molecular weight excluding hydrogens is 584 g/mol. The molecule has 0 amide bonds. The van der Waals surface area contributed by atoms with Gasteiger partial charge in [-0.1, -0.05) is 38.3 Å². The van der Waals surface area contributed by atoms with Crippen molar-refractivity contribution in [1.29, 1.82) is 0 Å². The average Bonchev–Trinajstić information content (AvgIpc) is 3.41. The zero-order chi connectivity index (χ0) is 29.1. The Morgan fingerprint density at radius 1 is 1.05 bits per heavy atom. The molecule has 16 heteroatoms. The van der Waals surface area contributed by atoms with Gasteiger partial charge in [0.1, 0.15) is 18.1 Å². The minimum Gasteiger partial charge on any atom is -0.388 e. The number of aryl methyl sites for hydroxylation is 1. The van der Waals surface area contributed by atoms with Crippen LogP contribution >= 0.6 is 26.6 Å². The lowest BCUT2D eigenvalue weighted by molar-refractivity contribution is -0.0354. The van der Waals surface area contributed by atoms with Crippen molar-refractivity contribution in [2.45, 2.75) is 70.0 Å². The van der Waals surface area contributed by atoms with E-state index in [4.69, 9.17) is 26.1 Å². The van der Waals surface area contributed by atoms with E-state index in [2.05, 4.69) is 27.2 Å². The molecule has 1 fully saturated rings. The molecule has 40 heavy (non-hydrogen) atoms. The molecule has 2 aromatic heterocycles. The van der Waals surface area contributed by atoms with E-state index in [-0.39, 0.29) is 17.4 Å². The van der Waals surface area contributed by atoms with E-state index in [1.54, 1.807) is 0 Å². The van der Waals surface area contributed by atoms with E-state index < -0.39 is 51.6 Å². The van der Waals surface area contributed by atoms with Crippen molar-refractivity contribution in [3.63, 3.8) is 0 Å². The van der Waals surface area contributed by atoms with Crippen LogP contribution in [0.3, 0.4) is 0 Å². The number of hydrogen-bond acceptors (Lipinski definition) is 9. The van der Waals surface area contributed by atoms with Crippen LogP contribution in [0.1, 0.15) is 50.8 Å². The highest BCUT2D eigenvalue weighted by atomic mass is 35.5. The number of fused-ring (bicyclic) bond motifs is 1. The van der Waals surface area contributed by atoms with Gasteiger partial charge in [0, 0.05) is 11.8 Å². The van der Waals surface area contributed by atoms with Crippen molar-refractivity contribution in [2.24, 2.45) is 0 Å². The highest BCUT2D eigenvalue weighted by Gasteiger charge is 2.45. The summed E-state index contributed by atoms with van der Waals surface area (Å²) in [6, 6.07) is 7.96. The molecule has 1 aliphatic heterocycles. The van der Waals surface area contributed by atoms with Gasteiger partial charge in [0.15, 0.2) is 23.2 Å². The molecule has 0 aliphatic carbocycles. The second kappa shape index (κ2) is 12.9. The minimum atomic E-state index is -4.71. The highest BCUT2D eigenvalue weighted by molar-refractivity contribution is 7.72. The Balaban J connectivity index is 1.48. The summed E-state index contributed by atoms with van der Waals surface area (Å²) in [5.41, 5.74) is 2.56. The maximum absolute atomic E-state index is 12.2. The molecule has 220 valence electrons. The first-order chi connectivity index (χ1) is 18.9. The number of nitrogens with one attached hydrogen (secondary N) is 1. The number of aromatic nitrogens is 4. The third-order valence-electron chi connectivity index (χ3n) is 6.71. The van der Waals surface area contributed by atoms with Crippen molar-refractivity contribution in [2.75, 3.05) is 17.4 Å².